The van der Waals surface area contributed by atoms with Gasteiger partial charge in [0.1, 0.15) is 6.04 Å². The van der Waals surface area contributed by atoms with Crippen LogP contribution >= 0.6 is 0 Å². The van der Waals surface area contributed by atoms with Crippen molar-refractivity contribution in [2.24, 2.45) is 5.73 Å². The lowest BCUT2D eigenvalue weighted by Gasteiger charge is -2.28. The van der Waals surface area contributed by atoms with Gasteiger partial charge in [0, 0.05) is 25.0 Å². The average molecular weight is 412 g/mol. The Morgan fingerprint density at radius 3 is 2.70 bits per heavy atom. The van der Waals surface area contributed by atoms with Gasteiger partial charge in [-0.25, -0.2) is 0 Å². The van der Waals surface area contributed by atoms with Crippen LogP contribution in [0.1, 0.15) is 58.4 Å². The highest BCUT2D eigenvalue weighted by molar-refractivity contribution is 6.24. The minimum absolute atomic E-state index is 0.100. The van der Waals surface area contributed by atoms with Crippen LogP contribution in [0, 0.1) is 0 Å². The zero-order valence-electron chi connectivity index (χ0n) is 16.5. The van der Waals surface area contributed by atoms with Gasteiger partial charge in [0.15, 0.2) is 0 Å². The molecule has 30 heavy (non-hydrogen) atoms. The maximum atomic E-state index is 13.1. The van der Waals surface area contributed by atoms with E-state index in [-0.39, 0.29) is 29.9 Å². The van der Waals surface area contributed by atoms with Gasteiger partial charge in [-0.15, -0.1) is 0 Å². The monoisotopic (exact) mass is 412 g/mol. The first-order valence-corrected chi connectivity index (χ1v) is 10.3. The number of hydrogen-bond donors (Lipinski definition) is 3. The van der Waals surface area contributed by atoms with Gasteiger partial charge >= 0.3 is 0 Å². The Morgan fingerprint density at radius 2 is 2.03 bits per heavy atom. The van der Waals surface area contributed by atoms with Crippen molar-refractivity contribution in [3.63, 3.8) is 0 Å². The fraction of sp³-hybridized carbons (Fsp3) is 0.524. The lowest BCUT2D eigenvalue weighted by molar-refractivity contribution is -0.136. The molecule has 1 saturated carbocycles. The molecule has 158 valence electrons. The first-order chi connectivity index (χ1) is 14.3. The van der Waals surface area contributed by atoms with E-state index >= 15 is 0 Å². The Morgan fingerprint density at radius 1 is 1.20 bits per heavy atom. The normalized spacial score (nSPS) is 32.7. The Kier molecular flexibility index (Phi) is 4.32. The second kappa shape index (κ2) is 6.69. The van der Waals surface area contributed by atoms with E-state index in [2.05, 4.69) is 10.6 Å². The number of benzene rings is 1. The molecule has 0 spiro atoms. The highest BCUT2D eigenvalue weighted by Crippen LogP contribution is 2.45. The minimum Gasteiger partial charge on any atom is -0.372 e. The van der Waals surface area contributed by atoms with Crippen LogP contribution in [0.2, 0.25) is 0 Å². The van der Waals surface area contributed by atoms with Crippen molar-refractivity contribution < 1.29 is 23.9 Å². The van der Waals surface area contributed by atoms with Crippen LogP contribution < -0.4 is 16.4 Å². The second-order valence-corrected chi connectivity index (χ2v) is 8.90. The summed E-state index contributed by atoms with van der Waals surface area (Å²) >= 11 is 0. The highest BCUT2D eigenvalue weighted by atomic mass is 16.5. The summed E-state index contributed by atoms with van der Waals surface area (Å²) < 4.78 is 5.94. The summed E-state index contributed by atoms with van der Waals surface area (Å²) in [6.07, 6.45) is 2.92. The summed E-state index contributed by atoms with van der Waals surface area (Å²) in [5, 5.41) is 5.58. The molecule has 1 aromatic rings. The SMILES string of the molecule is NC12CCC(CNCc3cccc4c3C(=O)N(C3CCC(=O)NC3=O)C4=O)(C1)OC2. The molecule has 4 amide bonds. The summed E-state index contributed by atoms with van der Waals surface area (Å²) in [6, 6.07) is 4.18. The molecular weight excluding hydrogens is 388 g/mol. The molecule has 1 aliphatic carbocycles. The van der Waals surface area contributed by atoms with Crippen LogP contribution in [0.5, 0.6) is 0 Å². The molecule has 9 heteroatoms. The number of hydrogen-bond acceptors (Lipinski definition) is 7. The van der Waals surface area contributed by atoms with Crippen molar-refractivity contribution in [3.05, 3.63) is 34.9 Å². The van der Waals surface area contributed by atoms with Gasteiger partial charge in [0.25, 0.3) is 11.8 Å². The van der Waals surface area contributed by atoms with E-state index in [4.69, 9.17) is 10.5 Å². The Balaban J connectivity index is 1.32. The number of carbonyl (C=O) groups is 4. The van der Waals surface area contributed by atoms with Crippen molar-refractivity contribution in [3.8, 4) is 0 Å². The molecule has 3 heterocycles. The van der Waals surface area contributed by atoms with Gasteiger partial charge in [-0.05, 0) is 37.3 Å². The van der Waals surface area contributed by atoms with Gasteiger partial charge in [0.2, 0.25) is 11.8 Å². The number of amides is 4. The van der Waals surface area contributed by atoms with Crippen molar-refractivity contribution >= 4 is 23.6 Å². The quantitative estimate of drug-likeness (QED) is 0.572. The number of ether oxygens (including phenoxy) is 1. The molecule has 3 atom stereocenters. The van der Waals surface area contributed by atoms with Gasteiger partial charge in [0.05, 0.1) is 23.3 Å². The van der Waals surface area contributed by atoms with E-state index in [1.165, 1.54) is 0 Å². The molecule has 3 unspecified atom stereocenters. The van der Waals surface area contributed by atoms with Crippen LogP contribution in [0.15, 0.2) is 18.2 Å². The number of piperidine rings is 1. The van der Waals surface area contributed by atoms with Crippen LogP contribution in [0.3, 0.4) is 0 Å². The van der Waals surface area contributed by atoms with Gasteiger partial charge in [-0.1, -0.05) is 12.1 Å². The number of imide groups is 2. The molecule has 1 aromatic carbocycles. The summed E-state index contributed by atoms with van der Waals surface area (Å²) in [5.41, 5.74) is 7.12. The lowest BCUT2D eigenvalue weighted by Crippen LogP contribution is -2.54. The molecule has 0 radical (unpaired) electrons. The molecule has 4 N–H and O–H groups in total. The average Bonchev–Trinajstić information content (AvgIpc) is 3.30. The van der Waals surface area contributed by atoms with E-state index < -0.39 is 23.8 Å². The highest BCUT2D eigenvalue weighted by Gasteiger charge is 2.53. The van der Waals surface area contributed by atoms with E-state index in [0.717, 1.165) is 24.2 Å². The first kappa shape index (κ1) is 19.3. The molecule has 3 fully saturated rings. The maximum absolute atomic E-state index is 13.1. The third-order valence-corrected chi connectivity index (χ3v) is 6.74. The Bertz CT molecular complexity index is 966. The maximum Gasteiger partial charge on any atom is 0.262 e. The molecule has 2 saturated heterocycles. The molecule has 9 nitrogen and oxygen atoms in total. The summed E-state index contributed by atoms with van der Waals surface area (Å²) in [7, 11) is 0. The third-order valence-electron chi connectivity index (χ3n) is 6.74. The molecule has 0 aromatic heterocycles. The van der Waals surface area contributed by atoms with E-state index in [9.17, 15) is 19.2 Å². The van der Waals surface area contributed by atoms with Gasteiger partial charge in [-0.2, -0.15) is 0 Å². The fourth-order valence-corrected chi connectivity index (χ4v) is 5.20. The number of nitrogens with zero attached hydrogens (tertiary/aromatic N) is 1. The van der Waals surface area contributed by atoms with Gasteiger partial charge < -0.3 is 15.8 Å². The van der Waals surface area contributed by atoms with Crippen molar-refractivity contribution in [2.75, 3.05) is 13.2 Å². The van der Waals surface area contributed by atoms with Crippen molar-refractivity contribution in [1.29, 1.82) is 0 Å². The van der Waals surface area contributed by atoms with E-state index in [1.54, 1.807) is 18.2 Å². The number of nitrogens with two attached hydrogens (primary N) is 1. The third kappa shape index (κ3) is 2.96. The lowest BCUT2D eigenvalue weighted by atomic mass is 9.99. The van der Waals surface area contributed by atoms with Crippen molar-refractivity contribution in [2.45, 2.75) is 55.8 Å². The summed E-state index contributed by atoms with van der Waals surface area (Å²) in [5.74, 6) is -1.98. The minimum atomic E-state index is -0.960. The summed E-state index contributed by atoms with van der Waals surface area (Å²) in [4.78, 5) is 50.6. The molecule has 3 aliphatic heterocycles. The van der Waals surface area contributed by atoms with E-state index in [0.29, 0.717) is 36.4 Å². The van der Waals surface area contributed by atoms with Crippen LogP contribution in [-0.4, -0.2) is 58.9 Å². The zero-order chi connectivity index (χ0) is 21.1. The number of carbonyl (C=O) groups excluding carboxylic acids is 4. The van der Waals surface area contributed by atoms with E-state index in [1.807, 2.05) is 0 Å². The largest absolute Gasteiger partial charge is 0.372 e. The number of fused-ring (bicyclic) bond motifs is 3. The molecular formula is C21H24N4O5. The predicted octanol–water partition coefficient (Wildman–Crippen LogP) is -0.172. The topological polar surface area (TPSA) is 131 Å². The van der Waals surface area contributed by atoms with Crippen molar-refractivity contribution in [1.82, 2.24) is 15.5 Å². The Hall–Kier alpha value is -2.62. The number of rotatable bonds is 5. The predicted molar refractivity (Wildman–Crippen MR) is 104 cm³/mol. The molecule has 4 aliphatic rings. The van der Waals surface area contributed by atoms with Crippen LogP contribution in [-0.2, 0) is 20.9 Å². The van der Waals surface area contributed by atoms with Crippen LogP contribution in [0.25, 0.3) is 0 Å². The second-order valence-electron chi connectivity index (χ2n) is 8.90. The standard InChI is InChI=1S/C21H24N4O5/c22-20-6-7-21(9-20,30-11-20)10-23-8-12-2-1-3-13-16(12)19(29)25(18(13)28)14-4-5-15(26)24-17(14)27/h1-3,14,23H,4-11,22H2,(H,24,26,27). The Labute approximate surface area is 173 Å². The summed E-state index contributed by atoms with van der Waals surface area (Å²) in [6.45, 7) is 1.59. The van der Waals surface area contributed by atoms with Crippen LogP contribution in [0.4, 0.5) is 0 Å². The first-order valence-electron chi connectivity index (χ1n) is 10.3. The molecule has 5 rings (SSSR count). The van der Waals surface area contributed by atoms with Gasteiger partial charge in [-0.3, -0.25) is 29.4 Å². The smallest absolute Gasteiger partial charge is 0.262 e. The fourth-order valence-electron chi connectivity index (χ4n) is 5.20. The molecule has 2 bridgehead atoms. The number of nitrogens with one attached hydrogen (secondary N) is 2. The zero-order valence-corrected chi connectivity index (χ0v) is 16.5.